The third-order valence-corrected chi connectivity index (χ3v) is 8.40. The average molecular weight is 594 g/mol. The Labute approximate surface area is 215 Å². The van der Waals surface area contributed by atoms with Gasteiger partial charge in [0.2, 0.25) is 0 Å². The predicted octanol–water partition coefficient (Wildman–Crippen LogP) is 2.95. The molecule has 0 N–H and O–H groups in total. The number of benzene rings is 2. The van der Waals surface area contributed by atoms with Crippen LogP contribution in [0, 0.1) is 6.92 Å². The Morgan fingerprint density at radius 3 is 2.20 bits per heavy atom. The molecule has 4 atom stereocenters. The molecule has 7 nitrogen and oxygen atoms in total. The van der Waals surface area contributed by atoms with Gasteiger partial charge in [0.1, 0.15) is 0 Å². The molecule has 2 aromatic rings. The summed E-state index contributed by atoms with van der Waals surface area (Å²) in [5.41, 5.74) is 2.30. The Morgan fingerprint density at radius 2 is 1.60 bits per heavy atom. The zero-order valence-corrected chi connectivity index (χ0v) is 22.6. The summed E-state index contributed by atoms with van der Waals surface area (Å²) in [7, 11) is 0. The van der Waals surface area contributed by atoms with Crippen molar-refractivity contribution in [2.24, 2.45) is 0 Å². The van der Waals surface area contributed by atoms with E-state index in [0.29, 0.717) is 6.42 Å². The number of carbonyl (C=O) groups excluding carboxylic acids is 3. The van der Waals surface area contributed by atoms with Crippen molar-refractivity contribution in [3.8, 4) is 0 Å². The maximum atomic E-state index is 11.8. The Morgan fingerprint density at radius 1 is 0.943 bits per heavy atom. The molecular formula is C27H30O7Te. The van der Waals surface area contributed by atoms with Gasteiger partial charge in [0.15, 0.2) is 0 Å². The zero-order chi connectivity index (χ0) is 25.4. The molecule has 0 amide bonds. The summed E-state index contributed by atoms with van der Waals surface area (Å²) in [5.74, 6) is -1.50. The molecule has 2 aromatic carbocycles. The number of carbonyl (C=O) groups is 3. The van der Waals surface area contributed by atoms with Gasteiger partial charge in [-0.2, -0.15) is 0 Å². The molecule has 1 saturated heterocycles. The van der Waals surface area contributed by atoms with Gasteiger partial charge in [0, 0.05) is 0 Å². The number of hydrogen-bond acceptors (Lipinski definition) is 7. The average Bonchev–Trinajstić information content (AvgIpc) is 2.80. The summed E-state index contributed by atoms with van der Waals surface area (Å²) in [6, 6.07) is 18.6. The number of hydrogen-bond donors (Lipinski definition) is 0. The van der Waals surface area contributed by atoms with E-state index in [1.54, 1.807) is 0 Å². The summed E-state index contributed by atoms with van der Waals surface area (Å²) in [6.45, 7) is 5.83. The van der Waals surface area contributed by atoms with E-state index in [1.807, 2.05) is 18.2 Å². The molecule has 0 unspecified atom stereocenters. The number of ether oxygens (including phenoxy) is 4. The van der Waals surface area contributed by atoms with E-state index in [9.17, 15) is 14.4 Å². The van der Waals surface area contributed by atoms with Crippen LogP contribution in [0.25, 0.3) is 3.62 Å². The molecule has 0 bridgehead atoms. The first-order valence-corrected chi connectivity index (χ1v) is 13.7. The van der Waals surface area contributed by atoms with Gasteiger partial charge in [0.25, 0.3) is 0 Å². The Hall–Kier alpha value is -2.66. The number of aryl methyl sites for hydroxylation is 1. The van der Waals surface area contributed by atoms with Crippen molar-refractivity contribution in [1.82, 2.24) is 0 Å². The van der Waals surface area contributed by atoms with Crippen LogP contribution in [-0.2, 0) is 33.3 Å². The molecule has 0 spiro atoms. The molecule has 35 heavy (non-hydrogen) atoms. The van der Waals surface area contributed by atoms with Crippen molar-refractivity contribution in [3.05, 3.63) is 71.8 Å². The Kier molecular flexibility index (Phi) is 9.91. The summed E-state index contributed by atoms with van der Waals surface area (Å²) >= 11 is -0.767. The van der Waals surface area contributed by atoms with E-state index in [1.165, 1.54) is 33.6 Å². The molecule has 0 saturated carbocycles. The van der Waals surface area contributed by atoms with Gasteiger partial charge in [0.05, 0.1) is 0 Å². The summed E-state index contributed by atoms with van der Waals surface area (Å²) in [5, 5.41) is 0. The zero-order valence-electron chi connectivity index (χ0n) is 20.3. The van der Waals surface area contributed by atoms with E-state index < -0.39 is 63.2 Å². The van der Waals surface area contributed by atoms with E-state index >= 15 is 0 Å². The van der Waals surface area contributed by atoms with Crippen LogP contribution < -0.4 is 3.61 Å². The quantitative estimate of drug-likeness (QED) is 0.264. The molecule has 1 aliphatic rings. The molecule has 1 fully saturated rings. The first kappa shape index (κ1) is 26.9. The second kappa shape index (κ2) is 12.9. The van der Waals surface area contributed by atoms with Crippen molar-refractivity contribution >= 4 is 46.1 Å². The molecule has 0 aromatic heterocycles. The fraction of sp³-hybridized carbons (Fsp3) is 0.370. The molecule has 0 radical (unpaired) electrons. The van der Waals surface area contributed by atoms with Gasteiger partial charge in [-0.25, -0.2) is 0 Å². The van der Waals surface area contributed by atoms with E-state index in [0.717, 1.165) is 5.56 Å². The second-order valence-corrected chi connectivity index (χ2v) is 11.5. The third-order valence-electron chi connectivity index (χ3n) is 5.26. The monoisotopic (exact) mass is 596 g/mol. The van der Waals surface area contributed by atoms with Crippen LogP contribution in [0.4, 0.5) is 0 Å². The first-order chi connectivity index (χ1) is 16.7. The third kappa shape index (κ3) is 8.50. The van der Waals surface area contributed by atoms with Crippen LogP contribution in [0.3, 0.4) is 0 Å². The van der Waals surface area contributed by atoms with Gasteiger partial charge < -0.3 is 0 Å². The molecule has 1 aliphatic heterocycles. The van der Waals surface area contributed by atoms with E-state index in [2.05, 4.69) is 49.4 Å². The fourth-order valence-electron chi connectivity index (χ4n) is 3.77. The van der Waals surface area contributed by atoms with Crippen LogP contribution in [0.15, 0.2) is 60.7 Å². The normalized spacial score (nSPS) is 22.2. The summed E-state index contributed by atoms with van der Waals surface area (Å²) in [4.78, 5) is 35.1. The predicted molar refractivity (Wildman–Crippen MR) is 132 cm³/mol. The number of esters is 3. The van der Waals surface area contributed by atoms with Crippen LogP contribution in [0.2, 0.25) is 0 Å². The molecule has 8 heteroatoms. The van der Waals surface area contributed by atoms with Crippen LogP contribution in [-0.4, -0.2) is 69.9 Å². The standard InChI is InChI=1S/C27H30O7Te/c1-17-10-12-23(13-11-17)35-26(21-8-6-5-7-9-21)15-22-14-24(32-19(3)29)27(33-20(4)30)25(34-22)16-31-18(2)28/h5-13,15,22,24-25,27H,14,16H2,1-4H3/b26-15-/t22-,24+,25+,27-/m0/s1. The fourth-order valence-corrected chi connectivity index (χ4v) is 6.62. The SMILES string of the molecule is CC(=O)OC[C@H]1O[C@H](/C=C(\[Te]c2ccc(C)cc2)c2ccccc2)C[C@@H](OC(C)=O)[C@@H]1OC(C)=O. The van der Waals surface area contributed by atoms with Crippen molar-refractivity contribution in [2.45, 2.75) is 58.5 Å². The van der Waals surface area contributed by atoms with Crippen molar-refractivity contribution in [2.75, 3.05) is 6.61 Å². The van der Waals surface area contributed by atoms with E-state index in [-0.39, 0.29) is 6.61 Å². The second-order valence-electron chi connectivity index (χ2n) is 8.29. The Bertz CT molecular complexity index is 1050. The van der Waals surface area contributed by atoms with E-state index in [4.69, 9.17) is 18.9 Å². The van der Waals surface area contributed by atoms with Gasteiger partial charge in [-0.15, -0.1) is 0 Å². The maximum absolute atomic E-state index is 11.8. The molecule has 3 rings (SSSR count). The van der Waals surface area contributed by atoms with Crippen LogP contribution >= 0.6 is 0 Å². The minimum atomic E-state index is -0.880. The van der Waals surface area contributed by atoms with Gasteiger partial charge in [-0.1, -0.05) is 0 Å². The van der Waals surface area contributed by atoms with Crippen molar-refractivity contribution < 1.29 is 33.3 Å². The molecule has 0 aliphatic carbocycles. The molecule has 1 heterocycles. The number of rotatable bonds is 8. The summed E-state index contributed by atoms with van der Waals surface area (Å²) < 4.78 is 24.9. The van der Waals surface area contributed by atoms with Gasteiger partial charge in [-0.05, 0) is 0 Å². The van der Waals surface area contributed by atoms with Gasteiger partial charge >= 0.3 is 216 Å². The Balaban J connectivity index is 1.94. The molecule has 186 valence electrons. The topological polar surface area (TPSA) is 88.1 Å². The molecular weight excluding hydrogens is 564 g/mol. The summed E-state index contributed by atoms with van der Waals surface area (Å²) in [6.07, 6.45) is -0.445. The van der Waals surface area contributed by atoms with Crippen LogP contribution in [0.1, 0.15) is 38.3 Å². The first-order valence-electron chi connectivity index (χ1n) is 11.4. The van der Waals surface area contributed by atoms with Crippen molar-refractivity contribution in [3.63, 3.8) is 0 Å². The minimum absolute atomic E-state index is 0.120. The van der Waals surface area contributed by atoms with Crippen molar-refractivity contribution in [1.29, 1.82) is 0 Å². The van der Waals surface area contributed by atoms with Crippen LogP contribution in [0.5, 0.6) is 0 Å². The van der Waals surface area contributed by atoms with Gasteiger partial charge in [-0.3, -0.25) is 0 Å².